The quantitative estimate of drug-likeness (QED) is 0.604. The van der Waals surface area contributed by atoms with E-state index in [2.05, 4.69) is 5.32 Å². The van der Waals surface area contributed by atoms with Crippen molar-refractivity contribution in [2.24, 2.45) is 0 Å². The Bertz CT molecular complexity index is 1190. The van der Waals surface area contributed by atoms with Crippen molar-refractivity contribution in [3.8, 4) is 0 Å². The fourth-order valence-corrected chi connectivity index (χ4v) is 6.36. The van der Waals surface area contributed by atoms with Crippen LogP contribution in [0.4, 0.5) is 0 Å². The number of hydrogen-bond acceptors (Lipinski definition) is 5. The molecule has 0 saturated heterocycles. The zero-order chi connectivity index (χ0) is 25.0. The minimum atomic E-state index is -4.14. The largest absolute Gasteiger partial charge is 0.352 e. The Morgan fingerprint density at radius 3 is 2.34 bits per heavy atom. The van der Waals surface area contributed by atoms with Crippen molar-refractivity contribution in [2.45, 2.75) is 69.0 Å². The molecule has 0 bridgehead atoms. The van der Waals surface area contributed by atoms with Crippen molar-refractivity contribution in [2.75, 3.05) is 6.54 Å². The van der Waals surface area contributed by atoms with Gasteiger partial charge in [0.2, 0.25) is 11.8 Å². The van der Waals surface area contributed by atoms with Crippen LogP contribution < -0.4 is 5.32 Å². The standard InChI is InChI=1S/C26H31N3O5S/c1-2-22(25(31)27-20-13-7-4-8-14-20)28(17-19-11-5-3-6-12-19)24(30)18-29-26(32)21-15-9-10-16-23(21)35(29,33)34/h3,5-6,9-12,15-16,20,22H,2,4,7-8,13-14,17-18H2,1H3,(H,27,31). The second kappa shape index (κ2) is 10.6. The zero-order valence-corrected chi connectivity index (χ0v) is 20.7. The normalized spacial score (nSPS) is 18.1. The predicted octanol–water partition coefficient (Wildman–Crippen LogP) is 3.09. The van der Waals surface area contributed by atoms with Gasteiger partial charge in [-0.25, -0.2) is 12.7 Å². The molecule has 8 nitrogen and oxygen atoms in total. The molecule has 186 valence electrons. The van der Waals surface area contributed by atoms with Crippen LogP contribution in [0.25, 0.3) is 0 Å². The van der Waals surface area contributed by atoms with Gasteiger partial charge in [-0.2, -0.15) is 0 Å². The van der Waals surface area contributed by atoms with E-state index >= 15 is 0 Å². The fourth-order valence-electron chi connectivity index (χ4n) is 4.84. The number of nitrogens with zero attached hydrogens (tertiary/aromatic N) is 2. The molecule has 2 aromatic carbocycles. The molecule has 1 unspecified atom stereocenters. The Kier molecular flexibility index (Phi) is 7.54. The first-order chi connectivity index (χ1) is 16.8. The molecule has 0 spiro atoms. The van der Waals surface area contributed by atoms with Gasteiger partial charge in [-0.3, -0.25) is 14.4 Å². The van der Waals surface area contributed by atoms with Crippen molar-refractivity contribution < 1.29 is 22.8 Å². The van der Waals surface area contributed by atoms with Crippen molar-refractivity contribution in [3.63, 3.8) is 0 Å². The third-order valence-electron chi connectivity index (χ3n) is 6.72. The van der Waals surface area contributed by atoms with Crippen LogP contribution in [0.3, 0.4) is 0 Å². The van der Waals surface area contributed by atoms with Gasteiger partial charge in [0.25, 0.3) is 15.9 Å². The monoisotopic (exact) mass is 497 g/mol. The van der Waals surface area contributed by atoms with Crippen LogP contribution in [0, 0.1) is 0 Å². The van der Waals surface area contributed by atoms with Crippen LogP contribution in [0.1, 0.15) is 61.4 Å². The molecular formula is C26H31N3O5S. The topological polar surface area (TPSA) is 104 Å². The molecular weight excluding hydrogens is 466 g/mol. The number of carbonyl (C=O) groups is 3. The molecule has 1 fully saturated rings. The van der Waals surface area contributed by atoms with E-state index in [1.165, 1.54) is 17.0 Å². The van der Waals surface area contributed by atoms with Crippen molar-refractivity contribution in [3.05, 3.63) is 65.7 Å². The summed E-state index contributed by atoms with van der Waals surface area (Å²) in [5.41, 5.74) is 0.862. The summed E-state index contributed by atoms with van der Waals surface area (Å²) in [5.74, 6) is -1.57. The first-order valence-electron chi connectivity index (χ1n) is 12.1. The number of rotatable bonds is 8. The Labute approximate surface area is 206 Å². The lowest BCUT2D eigenvalue weighted by molar-refractivity contribution is -0.141. The molecule has 0 aromatic heterocycles. The number of fused-ring (bicyclic) bond motifs is 1. The summed E-state index contributed by atoms with van der Waals surface area (Å²) < 4.78 is 26.6. The lowest BCUT2D eigenvalue weighted by Crippen LogP contribution is -2.53. The maximum atomic E-state index is 13.6. The van der Waals surface area contributed by atoms with E-state index in [4.69, 9.17) is 0 Å². The van der Waals surface area contributed by atoms with Crippen LogP contribution in [0.15, 0.2) is 59.5 Å². The number of carbonyl (C=O) groups excluding carboxylic acids is 3. The summed E-state index contributed by atoms with van der Waals surface area (Å²) >= 11 is 0. The summed E-state index contributed by atoms with van der Waals surface area (Å²) in [6.45, 7) is 1.30. The van der Waals surface area contributed by atoms with E-state index in [0.717, 1.165) is 37.7 Å². The second-order valence-electron chi connectivity index (χ2n) is 9.09. The molecule has 3 amide bonds. The first kappa shape index (κ1) is 24.9. The van der Waals surface area contributed by atoms with Gasteiger partial charge in [-0.15, -0.1) is 0 Å². The smallest absolute Gasteiger partial charge is 0.269 e. The van der Waals surface area contributed by atoms with Crippen LogP contribution >= 0.6 is 0 Å². The average Bonchev–Trinajstić information content (AvgIpc) is 3.06. The highest BCUT2D eigenvalue weighted by Crippen LogP contribution is 2.30. The van der Waals surface area contributed by atoms with Gasteiger partial charge < -0.3 is 10.2 Å². The summed E-state index contributed by atoms with van der Waals surface area (Å²) in [4.78, 5) is 41.0. The molecule has 9 heteroatoms. The van der Waals surface area contributed by atoms with Gasteiger partial charge in [0.15, 0.2) is 0 Å². The molecule has 2 aromatic rings. The molecule has 1 atom stereocenters. The Morgan fingerprint density at radius 2 is 1.69 bits per heavy atom. The third kappa shape index (κ3) is 5.24. The minimum absolute atomic E-state index is 0.0528. The number of hydrogen-bond donors (Lipinski definition) is 1. The van der Waals surface area contributed by atoms with Crippen molar-refractivity contribution in [1.82, 2.24) is 14.5 Å². The number of sulfonamides is 1. The Morgan fingerprint density at radius 1 is 1.03 bits per heavy atom. The van der Waals surface area contributed by atoms with E-state index in [9.17, 15) is 22.8 Å². The zero-order valence-electron chi connectivity index (χ0n) is 19.9. The van der Waals surface area contributed by atoms with Crippen molar-refractivity contribution >= 4 is 27.7 Å². The highest BCUT2D eigenvalue weighted by Gasteiger charge is 2.43. The summed E-state index contributed by atoms with van der Waals surface area (Å²) in [6.07, 6.45) is 5.45. The van der Waals surface area contributed by atoms with Gasteiger partial charge in [0.05, 0.1) is 5.56 Å². The predicted molar refractivity (Wildman–Crippen MR) is 131 cm³/mol. The molecule has 1 aliphatic carbocycles. The highest BCUT2D eigenvalue weighted by atomic mass is 32.2. The Balaban J connectivity index is 1.59. The molecule has 1 N–H and O–H groups in total. The maximum Gasteiger partial charge on any atom is 0.269 e. The molecule has 35 heavy (non-hydrogen) atoms. The fraction of sp³-hybridized carbons (Fsp3) is 0.423. The molecule has 1 saturated carbocycles. The molecule has 2 aliphatic rings. The lowest BCUT2D eigenvalue weighted by Gasteiger charge is -2.33. The van der Waals surface area contributed by atoms with Gasteiger partial charge in [-0.1, -0.05) is 68.7 Å². The molecule has 4 rings (SSSR count). The summed E-state index contributed by atoms with van der Waals surface area (Å²) in [6, 6.07) is 14.4. The lowest BCUT2D eigenvalue weighted by atomic mass is 9.95. The molecule has 1 aliphatic heterocycles. The number of amides is 3. The summed E-state index contributed by atoms with van der Waals surface area (Å²) in [5, 5.41) is 3.09. The van der Waals surface area contributed by atoms with Crippen LogP contribution in [0.2, 0.25) is 0 Å². The molecule has 0 radical (unpaired) electrons. The summed E-state index contributed by atoms with van der Waals surface area (Å²) in [7, 11) is -4.14. The average molecular weight is 498 g/mol. The van der Waals surface area contributed by atoms with Crippen LogP contribution in [0.5, 0.6) is 0 Å². The van der Waals surface area contributed by atoms with Gasteiger partial charge in [-0.05, 0) is 37.0 Å². The van der Waals surface area contributed by atoms with E-state index in [-0.39, 0.29) is 29.0 Å². The number of benzene rings is 2. The second-order valence-corrected chi connectivity index (χ2v) is 10.9. The van der Waals surface area contributed by atoms with Gasteiger partial charge in [0, 0.05) is 12.6 Å². The van der Waals surface area contributed by atoms with Crippen molar-refractivity contribution in [1.29, 1.82) is 0 Å². The number of nitrogens with one attached hydrogen (secondary N) is 1. The molecule has 1 heterocycles. The van der Waals surface area contributed by atoms with E-state index in [1.54, 1.807) is 12.1 Å². The van der Waals surface area contributed by atoms with E-state index in [0.29, 0.717) is 10.7 Å². The van der Waals surface area contributed by atoms with E-state index < -0.39 is 34.4 Å². The Hall–Kier alpha value is -3.20. The van der Waals surface area contributed by atoms with E-state index in [1.807, 2.05) is 37.3 Å². The maximum absolute atomic E-state index is 13.6. The van der Waals surface area contributed by atoms with Crippen LogP contribution in [-0.2, 0) is 26.2 Å². The van der Waals surface area contributed by atoms with Gasteiger partial charge in [0.1, 0.15) is 17.5 Å². The third-order valence-corrected chi connectivity index (χ3v) is 8.51. The highest BCUT2D eigenvalue weighted by molar-refractivity contribution is 7.90. The first-order valence-corrected chi connectivity index (χ1v) is 13.6. The van der Waals surface area contributed by atoms with Gasteiger partial charge >= 0.3 is 0 Å². The van der Waals surface area contributed by atoms with Crippen LogP contribution in [-0.4, -0.2) is 54.0 Å². The SMILES string of the molecule is CCC(C(=O)NC1CCCCC1)N(Cc1ccccc1)C(=O)CN1C(=O)c2ccccc2S1(=O)=O. The minimum Gasteiger partial charge on any atom is -0.352 e.